The topological polar surface area (TPSA) is 120 Å². The Bertz CT molecular complexity index is 1240. The Kier molecular flexibility index (Phi) is 6.78. The highest BCUT2D eigenvalue weighted by Gasteiger charge is 2.51. The van der Waals surface area contributed by atoms with Crippen LogP contribution in [0.3, 0.4) is 0 Å². The van der Waals surface area contributed by atoms with Crippen molar-refractivity contribution in [1.82, 2.24) is 20.6 Å². The lowest BCUT2D eigenvalue weighted by atomic mass is 9.69. The molecule has 0 atom stereocenters. The molecule has 0 bridgehead atoms. The van der Waals surface area contributed by atoms with Gasteiger partial charge in [-0.1, -0.05) is 11.6 Å². The second-order valence-electron chi connectivity index (χ2n) is 8.65. The van der Waals surface area contributed by atoms with Crippen LogP contribution in [0.2, 0.25) is 5.02 Å². The number of hydrogen-bond acceptors (Lipinski definition) is 5. The number of halogens is 5. The van der Waals surface area contributed by atoms with Gasteiger partial charge >= 0.3 is 6.18 Å². The van der Waals surface area contributed by atoms with E-state index in [4.69, 9.17) is 11.6 Å². The van der Waals surface area contributed by atoms with Gasteiger partial charge in [0, 0.05) is 6.04 Å². The molecule has 1 spiro atoms. The van der Waals surface area contributed by atoms with Gasteiger partial charge in [-0.25, -0.2) is 9.37 Å². The van der Waals surface area contributed by atoms with Crippen molar-refractivity contribution in [2.45, 2.75) is 44.8 Å². The van der Waals surface area contributed by atoms with Gasteiger partial charge in [0.25, 0.3) is 17.7 Å². The first kappa shape index (κ1) is 25.6. The van der Waals surface area contributed by atoms with Gasteiger partial charge in [-0.3, -0.25) is 14.4 Å². The van der Waals surface area contributed by atoms with Crippen LogP contribution in [-0.4, -0.2) is 52.2 Å². The molecule has 9 nitrogen and oxygen atoms in total. The number of H-pyrrole nitrogens is 1. The number of benzene rings is 1. The molecule has 1 aliphatic heterocycles. The summed E-state index contributed by atoms with van der Waals surface area (Å²) in [6, 6.07) is 3.29. The zero-order chi connectivity index (χ0) is 26.3. The molecule has 3 amide bonds. The molecule has 0 radical (unpaired) electrons. The average Bonchev–Trinajstić information content (AvgIpc) is 3.39. The van der Waals surface area contributed by atoms with Crippen LogP contribution < -0.4 is 15.6 Å². The summed E-state index contributed by atoms with van der Waals surface area (Å²) in [5.41, 5.74) is -0.766. The second-order valence-corrected chi connectivity index (χ2v) is 9.06. The fourth-order valence-electron chi connectivity index (χ4n) is 4.46. The number of nitrogens with zero attached hydrogens (tertiary/aromatic N) is 3. The van der Waals surface area contributed by atoms with E-state index in [1.807, 2.05) is 0 Å². The number of imidazole rings is 1. The molecular weight excluding hydrogens is 508 g/mol. The lowest BCUT2D eigenvalue weighted by molar-refractivity contribution is -0.125. The van der Waals surface area contributed by atoms with Crippen LogP contribution in [0, 0.1) is 11.2 Å². The summed E-state index contributed by atoms with van der Waals surface area (Å²) in [4.78, 5) is 44.2. The highest BCUT2D eigenvalue weighted by atomic mass is 35.5. The van der Waals surface area contributed by atoms with Crippen LogP contribution in [0.5, 0.6) is 0 Å². The summed E-state index contributed by atoms with van der Waals surface area (Å²) in [5.74, 6) is -2.67. The molecule has 14 heteroatoms. The maximum atomic E-state index is 13.4. The summed E-state index contributed by atoms with van der Waals surface area (Å²) in [5, 5.41) is 10.0. The zero-order valence-electron chi connectivity index (χ0n) is 18.9. The Morgan fingerprint density at radius 1 is 1.25 bits per heavy atom. The lowest BCUT2D eigenvalue weighted by Crippen LogP contribution is -2.47. The second kappa shape index (κ2) is 9.52. The van der Waals surface area contributed by atoms with Crippen LogP contribution in [0.25, 0.3) is 0 Å². The highest BCUT2D eigenvalue weighted by Crippen LogP contribution is 2.45. The molecule has 192 valence electrons. The van der Waals surface area contributed by atoms with Crippen molar-refractivity contribution in [1.29, 1.82) is 0 Å². The summed E-state index contributed by atoms with van der Waals surface area (Å²) in [7, 11) is 0. The Labute approximate surface area is 207 Å². The minimum atomic E-state index is -4.60. The van der Waals surface area contributed by atoms with Crippen molar-refractivity contribution in [3.8, 4) is 0 Å². The maximum Gasteiger partial charge on any atom is 0.405 e. The fourth-order valence-corrected chi connectivity index (χ4v) is 4.70. The number of alkyl halides is 3. The monoisotopic (exact) mass is 528 g/mol. The van der Waals surface area contributed by atoms with Crippen molar-refractivity contribution in [3.63, 3.8) is 0 Å². The molecule has 1 aliphatic carbocycles. The summed E-state index contributed by atoms with van der Waals surface area (Å²) >= 11 is 6.11. The van der Waals surface area contributed by atoms with Crippen LogP contribution in [0.4, 0.5) is 23.2 Å². The number of amides is 3. The average molecular weight is 529 g/mol. The molecule has 1 saturated carbocycles. The van der Waals surface area contributed by atoms with E-state index < -0.39 is 35.8 Å². The van der Waals surface area contributed by atoms with Crippen molar-refractivity contribution in [2.24, 2.45) is 10.5 Å². The van der Waals surface area contributed by atoms with E-state index in [1.54, 1.807) is 12.2 Å². The highest BCUT2D eigenvalue weighted by molar-refractivity contribution is 6.34. The first-order valence-corrected chi connectivity index (χ1v) is 11.3. The summed E-state index contributed by atoms with van der Waals surface area (Å²) in [6.07, 6.45) is -2.04. The first-order valence-electron chi connectivity index (χ1n) is 11.0. The minimum Gasteiger partial charge on any atom is -0.348 e. The van der Waals surface area contributed by atoms with E-state index in [0.29, 0.717) is 31.4 Å². The predicted molar refractivity (Wildman–Crippen MR) is 121 cm³/mol. The fraction of sp³-hybridized carbons (Fsp3) is 0.409. The molecule has 2 heterocycles. The third-order valence-electron chi connectivity index (χ3n) is 6.39. The summed E-state index contributed by atoms with van der Waals surface area (Å²) < 4.78 is 50.6. The summed E-state index contributed by atoms with van der Waals surface area (Å²) in [6.45, 7) is 0.176. The molecule has 1 fully saturated rings. The SMILES string of the molecule is CC1=NN(c2ccc(F)cc2Cl)C(=O)C12CCC(NC(=O)c1nc[nH]c1C(=O)NCC(F)(F)F)CC2. The molecular formula is C22H21ClF4N6O3. The Hall–Kier alpha value is -3.48. The predicted octanol–water partition coefficient (Wildman–Crippen LogP) is 3.58. The minimum absolute atomic E-state index is 0.0481. The Balaban J connectivity index is 1.40. The van der Waals surface area contributed by atoms with Crippen molar-refractivity contribution >= 4 is 40.7 Å². The number of rotatable bonds is 5. The number of nitrogens with one attached hydrogen (secondary N) is 3. The molecule has 2 aliphatic rings. The first-order chi connectivity index (χ1) is 16.9. The number of aromatic amines is 1. The smallest absolute Gasteiger partial charge is 0.348 e. The van der Waals surface area contributed by atoms with E-state index >= 15 is 0 Å². The number of aromatic nitrogens is 2. The molecule has 4 rings (SSSR count). The van der Waals surface area contributed by atoms with Crippen molar-refractivity contribution < 1.29 is 31.9 Å². The van der Waals surface area contributed by atoms with E-state index in [1.165, 1.54) is 17.1 Å². The standard InChI is InChI=1S/C22H21ClF4N6O3/c1-11-21(20(36)33(32-11)15-3-2-12(24)8-14(15)23)6-4-13(5-7-21)31-19(35)17-16(29-10-30-17)18(34)28-9-22(25,26)27/h2-3,8,10,13H,4-7,9H2,1H3,(H,28,34)(H,29,30)(H,31,35). The molecule has 36 heavy (non-hydrogen) atoms. The third-order valence-corrected chi connectivity index (χ3v) is 6.69. The molecule has 0 saturated heterocycles. The molecule has 1 aromatic heterocycles. The molecule has 3 N–H and O–H groups in total. The quantitative estimate of drug-likeness (QED) is 0.514. The van der Waals surface area contributed by atoms with E-state index in [9.17, 15) is 31.9 Å². The Morgan fingerprint density at radius 2 is 1.94 bits per heavy atom. The molecule has 2 aromatic rings. The van der Waals surface area contributed by atoms with Crippen LogP contribution in [0.15, 0.2) is 29.6 Å². The lowest BCUT2D eigenvalue weighted by Gasteiger charge is -2.36. The third kappa shape index (κ3) is 4.92. The number of anilines is 1. The van der Waals surface area contributed by atoms with Crippen LogP contribution in [-0.2, 0) is 4.79 Å². The molecule has 1 aromatic carbocycles. The normalized spacial score (nSPS) is 22.1. The van der Waals surface area contributed by atoms with Crippen LogP contribution in [0.1, 0.15) is 53.6 Å². The van der Waals surface area contributed by atoms with E-state index in [-0.39, 0.29) is 34.0 Å². The van der Waals surface area contributed by atoms with Gasteiger partial charge in [-0.05, 0) is 50.8 Å². The van der Waals surface area contributed by atoms with Gasteiger partial charge in [-0.15, -0.1) is 0 Å². The van der Waals surface area contributed by atoms with Gasteiger partial charge in [0.1, 0.15) is 18.1 Å². The van der Waals surface area contributed by atoms with Gasteiger partial charge in [0.2, 0.25) is 0 Å². The number of carbonyl (C=O) groups is 3. The van der Waals surface area contributed by atoms with E-state index in [2.05, 4.69) is 20.4 Å². The van der Waals surface area contributed by atoms with Crippen molar-refractivity contribution in [2.75, 3.05) is 11.6 Å². The Morgan fingerprint density at radius 3 is 2.58 bits per heavy atom. The number of hydrogen-bond donors (Lipinski definition) is 3. The number of carbonyl (C=O) groups excluding carboxylic acids is 3. The van der Waals surface area contributed by atoms with Gasteiger partial charge in [-0.2, -0.15) is 23.3 Å². The molecule has 0 unspecified atom stereocenters. The van der Waals surface area contributed by atoms with Gasteiger partial charge in [0.15, 0.2) is 5.69 Å². The van der Waals surface area contributed by atoms with Crippen LogP contribution >= 0.6 is 11.6 Å². The van der Waals surface area contributed by atoms with E-state index in [0.717, 1.165) is 12.4 Å². The zero-order valence-corrected chi connectivity index (χ0v) is 19.6. The van der Waals surface area contributed by atoms with Gasteiger partial charge < -0.3 is 15.6 Å². The van der Waals surface area contributed by atoms with Gasteiger partial charge in [0.05, 0.1) is 28.2 Å². The largest absolute Gasteiger partial charge is 0.405 e. The van der Waals surface area contributed by atoms with Crippen molar-refractivity contribution in [3.05, 3.63) is 46.8 Å². The number of hydrazone groups is 1. The maximum absolute atomic E-state index is 13.4.